The summed E-state index contributed by atoms with van der Waals surface area (Å²) in [5, 5.41) is 0.559. The first-order valence-corrected chi connectivity index (χ1v) is 8.34. The Bertz CT molecular complexity index is 916. The van der Waals surface area contributed by atoms with Gasteiger partial charge in [-0.2, -0.15) is 8.42 Å². The Labute approximate surface area is 137 Å². The van der Waals surface area contributed by atoms with Gasteiger partial charge in [-0.1, -0.05) is 11.6 Å². The van der Waals surface area contributed by atoms with Gasteiger partial charge >= 0.3 is 0 Å². The fraction of sp³-hybridized carbons (Fsp3) is 0. The van der Waals surface area contributed by atoms with Gasteiger partial charge in [-0.25, -0.2) is 0 Å². The Morgan fingerprint density at radius 3 is 2.30 bits per heavy atom. The summed E-state index contributed by atoms with van der Waals surface area (Å²) in [4.78, 5) is -0.293. The van der Waals surface area contributed by atoms with Crippen molar-refractivity contribution in [3.63, 3.8) is 0 Å². The fourth-order valence-electron chi connectivity index (χ4n) is 2.05. The number of halogens is 1. The zero-order valence-electron chi connectivity index (χ0n) is 11.6. The second-order valence-corrected chi connectivity index (χ2v) is 6.49. The zero-order chi connectivity index (χ0) is 16.4. The SMILES string of the molecule is O=S(=O)(O)c1cc(Oc2ccc(Cl)cc2)ccc1-c1ccco1. The highest BCUT2D eigenvalue weighted by molar-refractivity contribution is 7.86. The molecule has 0 spiro atoms. The van der Waals surface area contributed by atoms with Crippen LogP contribution in [0.25, 0.3) is 11.3 Å². The molecule has 5 nitrogen and oxygen atoms in total. The van der Waals surface area contributed by atoms with E-state index in [2.05, 4.69) is 0 Å². The summed E-state index contributed by atoms with van der Waals surface area (Å²) < 4.78 is 43.5. The lowest BCUT2D eigenvalue weighted by Crippen LogP contribution is -2.01. The lowest BCUT2D eigenvalue weighted by Gasteiger charge is -2.10. The second-order valence-electron chi connectivity index (χ2n) is 4.67. The summed E-state index contributed by atoms with van der Waals surface area (Å²) in [5.74, 6) is 1.08. The van der Waals surface area contributed by atoms with E-state index in [1.165, 1.54) is 18.4 Å². The van der Waals surface area contributed by atoms with Gasteiger partial charge in [-0.05, 0) is 48.5 Å². The van der Waals surface area contributed by atoms with E-state index < -0.39 is 10.1 Å². The number of furan rings is 1. The summed E-state index contributed by atoms with van der Waals surface area (Å²) >= 11 is 5.80. The smallest absolute Gasteiger partial charge is 0.295 e. The van der Waals surface area contributed by atoms with Crippen molar-refractivity contribution >= 4 is 21.7 Å². The maximum absolute atomic E-state index is 11.6. The minimum Gasteiger partial charge on any atom is -0.464 e. The zero-order valence-corrected chi connectivity index (χ0v) is 13.2. The average molecular weight is 351 g/mol. The summed E-state index contributed by atoms with van der Waals surface area (Å²) in [6.07, 6.45) is 1.42. The molecule has 1 aromatic heterocycles. The molecule has 0 radical (unpaired) electrons. The summed E-state index contributed by atoms with van der Waals surface area (Å²) in [7, 11) is -4.44. The number of rotatable bonds is 4. The van der Waals surface area contributed by atoms with Crippen molar-refractivity contribution in [3.05, 3.63) is 65.9 Å². The van der Waals surface area contributed by atoms with Crippen molar-refractivity contribution in [2.24, 2.45) is 0 Å². The highest BCUT2D eigenvalue weighted by Gasteiger charge is 2.19. The van der Waals surface area contributed by atoms with Crippen LogP contribution >= 0.6 is 11.6 Å². The van der Waals surface area contributed by atoms with Crippen molar-refractivity contribution in [2.45, 2.75) is 4.90 Å². The molecule has 2 aromatic carbocycles. The van der Waals surface area contributed by atoms with Crippen molar-refractivity contribution in [3.8, 4) is 22.8 Å². The molecule has 0 unspecified atom stereocenters. The second kappa shape index (κ2) is 6.08. The van der Waals surface area contributed by atoms with E-state index in [9.17, 15) is 13.0 Å². The third kappa shape index (κ3) is 3.56. The molecule has 118 valence electrons. The molecule has 3 rings (SSSR count). The van der Waals surface area contributed by atoms with Crippen LogP contribution in [0.1, 0.15) is 0 Å². The summed E-state index contributed by atoms with van der Waals surface area (Å²) in [6, 6.07) is 14.2. The van der Waals surface area contributed by atoms with Gasteiger partial charge < -0.3 is 9.15 Å². The van der Waals surface area contributed by atoms with E-state index in [-0.39, 0.29) is 16.2 Å². The molecule has 0 atom stereocenters. The van der Waals surface area contributed by atoms with E-state index >= 15 is 0 Å². The van der Waals surface area contributed by atoms with Gasteiger partial charge in [-0.3, -0.25) is 4.55 Å². The molecular weight excluding hydrogens is 340 g/mol. The van der Waals surface area contributed by atoms with E-state index in [0.717, 1.165) is 0 Å². The molecule has 7 heteroatoms. The van der Waals surface area contributed by atoms with Crippen LogP contribution in [0.15, 0.2) is 70.2 Å². The molecule has 0 amide bonds. The van der Waals surface area contributed by atoms with E-state index in [0.29, 0.717) is 16.5 Å². The van der Waals surface area contributed by atoms with Crippen LogP contribution in [-0.4, -0.2) is 13.0 Å². The molecule has 1 heterocycles. The molecule has 0 saturated carbocycles. The Morgan fingerprint density at radius 2 is 1.70 bits per heavy atom. The van der Waals surface area contributed by atoms with Crippen LogP contribution in [0.5, 0.6) is 11.5 Å². The van der Waals surface area contributed by atoms with Crippen LogP contribution in [0.4, 0.5) is 0 Å². The molecule has 0 fully saturated rings. The van der Waals surface area contributed by atoms with Gasteiger partial charge in [0.25, 0.3) is 10.1 Å². The largest absolute Gasteiger partial charge is 0.464 e. The predicted octanol–water partition coefficient (Wildman–Crippen LogP) is 4.64. The molecule has 0 bridgehead atoms. The minimum atomic E-state index is -4.44. The Hall–Kier alpha value is -2.28. The molecule has 3 aromatic rings. The molecule has 0 aliphatic carbocycles. The number of ether oxygens (including phenoxy) is 1. The Kier molecular flexibility index (Phi) is 4.12. The molecule has 0 aliphatic heterocycles. The Morgan fingerprint density at radius 1 is 1.00 bits per heavy atom. The molecule has 1 N–H and O–H groups in total. The van der Waals surface area contributed by atoms with Crippen LogP contribution < -0.4 is 4.74 Å². The highest BCUT2D eigenvalue weighted by atomic mass is 35.5. The highest BCUT2D eigenvalue weighted by Crippen LogP contribution is 2.33. The molecule has 0 aliphatic rings. The van der Waals surface area contributed by atoms with Gasteiger partial charge in [0, 0.05) is 16.7 Å². The number of hydrogen-bond donors (Lipinski definition) is 1. The van der Waals surface area contributed by atoms with Gasteiger partial charge in [0.1, 0.15) is 22.2 Å². The third-order valence-electron chi connectivity index (χ3n) is 3.07. The van der Waals surface area contributed by atoms with Crippen LogP contribution in [0.2, 0.25) is 5.02 Å². The van der Waals surface area contributed by atoms with Crippen LogP contribution in [-0.2, 0) is 10.1 Å². The summed E-state index contributed by atoms with van der Waals surface area (Å²) in [6.45, 7) is 0. The Balaban J connectivity index is 2.02. The van der Waals surface area contributed by atoms with Crippen LogP contribution in [0, 0.1) is 0 Å². The average Bonchev–Trinajstić information content (AvgIpc) is 3.03. The molecular formula is C16H11ClO5S. The minimum absolute atomic E-state index is 0.251. The van der Waals surface area contributed by atoms with E-state index in [1.807, 2.05) is 0 Å². The first-order valence-electron chi connectivity index (χ1n) is 6.52. The first-order chi connectivity index (χ1) is 10.9. The van der Waals surface area contributed by atoms with Crippen molar-refractivity contribution in [1.82, 2.24) is 0 Å². The molecule has 0 saturated heterocycles. The monoisotopic (exact) mass is 350 g/mol. The number of benzene rings is 2. The van der Waals surface area contributed by atoms with E-state index in [1.54, 1.807) is 42.5 Å². The van der Waals surface area contributed by atoms with Crippen LogP contribution in [0.3, 0.4) is 0 Å². The lowest BCUT2D eigenvalue weighted by atomic mass is 10.1. The normalized spacial score (nSPS) is 11.4. The predicted molar refractivity (Wildman–Crippen MR) is 85.5 cm³/mol. The van der Waals surface area contributed by atoms with Gasteiger partial charge in [-0.15, -0.1) is 0 Å². The van der Waals surface area contributed by atoms with Crippen molar-refractivity contribution in [1.29, 1.82) is 0 Å². The maximum Gasteiger partial charge on any atom is 0.295 e. The lowest BCUT2D eigenvalue weighted by molar-refractivity contribution is 0.471. The van der Waals surface area contributed by atoms with Gasteiger partial charge in [0.15, 0.2) is 0 Å². The fourth-order valence-corrected chi connectivity index (χ4v) is 2.89. The standard InChI is InChI=1S/C16H11ClO5S/c17-11-3-5-12(6-4-11)22-13-7-8-14(15-2-1-9-21-15)16(10-13)23(18,19)20/h1-10H,(H,18,19,20). The quantitative estimate of drug-likeness (QED) is 0.693. The van der Waals surface area contributed by atoms with Crippen molar-refractivity contribution < 1.29 is 22.1 Å². The van der Waals surface area contributed by atoms with Crippen molar-refractivity contribution in [2.75, 3.05) is 0 Å². The van der Waals surface area contributed by atoms with E-state index in [4.69, 9.17) is 20.8 Å². The van der Waals surface area contributed by atoms with Gasteiger partial charge in [0.05, 0.1) is 6.26 Å². The summed E-state index contributed by atoms with van der Waals surface area (Å²) in [5.41, 5.74) is 0.251. The molecule has 23 heavy (non-hydrogen) atoms. The third-order valence-corrected chi connectivity index (χ3v) is 4.21. The van der Waals surface area contributed by atoms with Gasteiger partial charge in [0.2, 0.25) is 0 Å². The first kappa shape index (κ1) is 15.6. The topological polar surface area (TPSA) is 76.7 Å². The maximum atomic E-state index is 11.6. The number of hydrogen-bond acceptors (Lipinski definition) is 4.